The molecule has 6 aliphatic rings. The van der Waals surface area contributed by atoms with Gasteiger partial charge in [0, 0.05) is 25.1 Å². The molecule has 8 nitrogen and oxygen atoms in total. The van der Waals surface area contributed by atoms with Gasteiger partial charge in [0.1, 0.15) is 0 Å². The van der Waals surface area contributed by atoms with Gasteiger partial charge in [0.2, 0.25) is 23.6 Å². The van der Waals surface area contributed by atoms with Crippen LogP contribution in [-0.2, 0) is 19.2 Å². The molecule has 1 spiro atoms. The van der Waals surface area contributed by atoms with E-state index < -0.39 is 52.3 Å². The first-order chi connectivity index (χ1) is 16.8. The monoisotopic (exact) mass is 475 g/mol. The van der Waals surface area contributed by atoms with Crippen LogP contribution in [0.1, 0.15) is 48.9 Å². The van der Waals surface area contributed by atoms with Crippen LogP contribution >= 0.6 is 0 Å². The summed E-state index contributed by atoms with van der Waals surface area (Å²) in [7, 11) is 2.94. The molecule has 4 fully saturated rings. The number of hydrogen-bond donors (Lipinski definition) is 1. The van der Waals surface area contributed by atoms with Crippen LogP contribution in [0.25, 0.3) is 0 Å². The number of hydrogen-bond acceptors (Lipinski definition) is 5. The van der Waals surface area contributed by atoms with Gasteiger partial charge in [0.05, 0.1) is 29.2 Å². The van der Waals surface area contributed by atoms with Crippen molar-refractivity contribution in [2.75, 3.05) is 14.1 Å². The van der Waals surface area contributed by atoms with Crippen LogP contribution < -0.4 is 5.32 Å². The summed E-state index contributed by atoms with van der Waals surface area (Å²) in [6.07, 6.45) is 6.95. The Kier molecular flexibility index (Phi) is 4.66. The zero-order valence-corrected chi connectivity index (χ0v) is 20.0. The van der Waals surface area contributed by atoms with Gasteiger partial charge in [-0.2, -0.15) is 0 Å². The Morgan fingerprint density at radius 2 is 1.34 bits per heavy atom. The van der Waals surface area contributed by atoms with Crippen molar-refractivity contribution in [3.63, 3.8) is 0 Å². The molecule has 2 saturated carbocycles. The van der Waals surface area contributed by atoms with Crippen molar-refractivity contribution < 1.29 is 24.0 Å². The molecule has 0 radical (unpaired) electrons. The molecule has 1 N–H and O–H groups in total. The minimum Gasteiger partial charge on any atom is -0.341 e. The van der Waals surface area contributed by atoms with Gasteiger partial charge in [0.25, 0.3) is 5.91 Å². The number of nitrogens with one attached hydrogen (secondary N) is 1. The summed E-state index contributed by atoms with van der Waals surface area (Å²) in [5.74, 6) is -5.19. The van der Waals surface area contributed by atoms with Gasteiger partial charge in [0.15, 0.2) is 0 Å². The van der Waals surface area contributed by atoms with E-state index in [4.69, 9.17) is 0 Å². The van der Waals surface area contributed by atoms with E-state index in [1.807, 2.05) is 6.08 Å². The van der Waals surface area contributed by atoms with Crippen molar-refractivity contribution in [3.8, 4) is 0 Å². The lowest BCUT2D eigenvalue weighted by Crippen LogP contribution is -2.73. The van der Waals surface area contributed by atoms with Crippen molar-refractivity contribution >= 4 is 29.5 Å². The lowest BCUT2D eigenvalue weighted by atomic mass is 9.40. The zero-order chi connectivity index (χ0) is 24.7. The van der Waals surface area contributed by atoms with Crippen molar-refractivity contribution in [2.45, 2.75) is 44.1 Å². The zero-order valence-electron chi connectivity index (χ0n) is 20.0. The van der Waals surface area contributed by atoms with E-state index in [1.54, 1.807) is 30.3 Å². The van der Waals surface area contributed by atoms with E-state index in [1.165, 1.54) is 14.1 Å². The second-order valence-corrected chi connectivity index (χ2v) is 10.8. The topological polar surface area (TPSA) is 104 Å². The SMILES string of the molecule is CN1C(=O)C2C(C1=O)C13CCCCCCC1=CC2(NC(=O)c1ccccc1)C1C(=O)N(C)C(=O)C13. The first kappa shape index (κ1) is 22.2. The summed E-state index contributed by atoms with van der Waals surface area (Å²) in [5, 5.41) is 3.07. The molecule has 5 amide bonds. The van der Waals surface area contributed by atoms with Crippen LogP contribution in [0.3, 0.4) is 0 Å². The highest BCUT2D eigenvalue weighted by atomic mass is 16.2. The Balaban J connectivity index is 1.63. The fourth-order valence-corrected chi connectivity index (χ4v) is 7.92. The Morgan fingerprint density at radius 3 is 1.94 bits per heavy atom. The van der Waals surface area contributed by atoms with E-state index in [2.05, 4.69) is 5.32 Å². The third-order valence-corrected chi connectivity index (χ3v) is 9.36. The molecular weight excluding hydrogens is 446 g/mol. The molecule has 2 aliphatic heterocycles. The van der Waals surface area contributed by atoms with Crippen LogP contribution in [0.15, 0.2) is 42.0 Å². The molecule has 0 aromatic heterocycles. The predicted octanol–water partition coefficient (Wildman–Crippen LogP) is 1.91. The third kappa shape index (κ3) is 2.60. The predicted molar refractivity (Wildman–Crippen MR) is 124 cm³/mol. The Bertz CT molecular complexity index is 1160. The maximum Gasteiger partial charge on any atom is 0.252 e. The molecule has 4 unspecified atom stereocenters. The smallest absolute Gasteiger partial charge is 0.252 e. The Hall–Kier alpha value is -3.29. The summed E-state index contributed by atoms with van der Waals surface area (Å²) in [6, 6.07) is 8.63. The van der Waals surface area contributed by atoms with Gasteiger partial charge in [-0.15, -0.1) is 0 Å². The largest absolute Gasteiger partial charge is 0.341 e. The average molecular weight is 476 g/mol. The van der Waals surface area contributed by atoms with Crippen molar-refractivity contribution in [1.29, 1.82) is 0 Å². The van der Waals surface area contributed by atoms with Crippen LogP contribution in [0.4, 0.5) is 0 Å². The van der Waals surface area contributed by atoms with Gasteiger partial charge in [-0.05, 0) is 31.4 Å². The van der Waals surface area contributed by atoms with Gasteiger partial charge >= 0.3 is 0 Å². The molecule has 2 bridgehead atoms. The fraction of sp³-hybridized carbons (Fsp3) is 0.519. The molecule has 4 atom stereocenters. The van der Waals surface area contributed by atoms with Crippen LogP contribution in [0.2, 0.25) is 0 Å². The second-order valence-electron chi connectivity index (χ2n) is 10.8. The van der Waals surface area contributed by atoms with Gasteiger partial charge in [-0.3, -0.25) is 33.8 Å². The molecule has 4 aliphatic carbocycles. The summed E-state index contributed by atoms with van der Waals surface area (Å²) in [6.45, 7) is 0. The molecule has 7 rings (SSSR count). The number of carbonyl (C=O) groups is 5. The van der Waals surface area contributed by atoms with E-state index >= 15 is 0 Å². The maximum absolute atomic E-state index is 13.7. The minimum absolute atomic E-state index is 0.308. The number of likely N-dealkylation sites (tertiary alicyclic amines) is 2. The van der Waals surface area contributed by atoms with Crippen molar-refractivity contribution in [2.24, 2.45) is 29.1 Å². The minimum atomic E-state index is -1.44. The van der Waals surface area contributed by atoms with Crippen LogP contribution in [0, 0.1) is 29.1 Å². The second kappa shape index (κ2) is 7.35. The highest BCUT2D eigenvalue weighted by Gasteiger charge is 2.80. The molecule has 2 heterocycles. The van der Waals surface area contributed by atoms with Crippen LogP contribution in [0.5, 0.6) is 0 Å². The Labute approximate surface area is 203 Å². The lowest BCUT2D eigenvalue weighted by molar-refractivity contribution is -0.154. The first-order valence-corrected chi connectivity index (χ1v) is 12.5. The van der Waals surface area contributed by atoms with Gasteiger partial charge in [-0.25, -0.2) is 0 Å². The number of carbonyl (C=O) groups excluding carboxylic acids is 5. The van der Waals surface area contributed by atoms with Crippen LogP contribution in [-0.4, -0.2) is 59.0 Å². The normalized spacial score (nSPS) is 37.9. The first-order valence-electron chi connectivity index (χ1n) is 12.5. The molecular formula is C27H29N3O5. The standard InChI is InChI=1S/C27H29N3O5/c1-29-22(32)17-19(24(29)34)27(28-21(31)15-10-6-5-7-11-15)14-16-12-8-3-4-9-13-26(16,17)18-20(27)25(35)30(2)23(18)33/h5-7,10-11,14,17-20H,3-4,8-9,12-13H2,1-2H3,(H,28,31). The average Bonchev–Trinajstić information content (AvgIpc) is 3.23. The van der Waals surface area contributed by atoms with E-state index in [-0.39, 0.29) is 11.8 Å². The number of allylic oxidation sites excluding steroid dienone is 1. The Morgan fingerprint density at radius 1 is 0.800 bits per heavy atom. The summed E-state index contributed by atoms with van der Waals surface area (Å²) in [5.41, 5.74) is -0.956. The number of nitrogens with zero attached hydrogens (tertiary/aromatic N) is 2. The van der Waals surface area contributed by atoms with Crippen molar-refractivity contribution in [3.05, 3.63) is 47.5 Å². The molecule has 35 heavy (non-hydrogen) atoms. The fourth-order valence-electron chi connectivity index (χ4n) is 7.92. The third-order valence-electron chi connectivity index (χ3n) is 9.36. The number of benzene rings is 1. The molecule has 1 aromatic rings. The number of rotatable bonds is 2. The van der Waals surface area contributed by atoms with Gasteiger partial charge < -0.3 is 5.32 Å². The summed E-state index contributed by atoms with van der Waals surface area (Å²) in [4.78, 5) is 70.5. The van der Waals surface area contributed by atoms with E-state index in [9.17, 15) is 24.0 Å². The number of amides is 5. The molecule has 1 aromatic carbocycles. The lowest BCUT2D eigenvalue weighted by Gasteiger charge is -2.62. The maximum atomic E-state index is 13.7. The number of imide groups is 2. The molecule has 2 saturated heterocycles. The van der Waals surface area contributed by atoms with E-state index in [0.29, 0.717) is 18.4 Å². The highest BCUT2D eigenvalue weighted by Crippen LogP contribution is 2.70. The summed E-state index contributed by atoms with van der Waals surface area (Å²) >= 11 is 0. The van der Waals surface area contributed by atoms with Crippen molar-refractivity contribution in [1.82, 2.24) is 15.1 Å². The van der Waals surface area contributed by atoms with E-state index in [0.717, 1.165) is 41.1 Å². The molecule has 8 heteroatoms. The quantitative estimate of drug-likeness (QED) is 0.520. The molecule has 182 valence electrons. The highest BCUT2D eigenvalue weighted by molar-refractivity contribution is 6.13. The summed E-state index contributed by atoms with van der Waals surface area (Å²) < 4.78 is 0. The van der Waals surface area contributed by atoms with Gasteiger partial charge in [-0.1, -0.05) is 49.1 Å².